The molecule has 17 heteroatoms. The number of aliphatic hydroxyl groups is 1. The summed E-state index contributed by atoms with van der Waals surface area (Å²) in [5.74, 6) is -2.67. The average molecular weight is 683 g/mol. The monoisotopic (exact) mass is 682 g/mol. The summed E-state index contributed by atoms with van der Waals surface area (Å²) in [6, 6.07) is 4.78. The van der Waals surface area contributed by atoms with Crippen molar-refractivity contribution < 1.29 is 48.6 Å². The zero-order chi connectivity index (χ0) is 33.9. The first kappa shape index (κ1) is 35.5. The number of nitro benzene ring substituents is 1. The third-order valence-electron chi connectivity index (χ3n) is 8.39. The molecule has 0 saturated carbocycles. The molecule has 0 aromatic heterocycles. The second-order valence-electron chi connectivity index (χ2n) is 11.3. The lowest BCUT2D eigenvalue weighted by atomic mass is 9.79. The van der Waals surface area contributed by atoms with Crippen LogP contribution in [0.2, 0.25) is 0 Å². The molecule has 1 aromatic carbocycles. The molecule has 4 rings (SSSR count). The number of carbonyl (C=O) groups excluding carboxylic acids is 3. The SMILES string of the molecule is COCC(SC[C@@H]1C[C@H](SC2=C(C(=O)O)N3C(=O)[C@H]([C@@H](C)O)[C@H]3[C@H]2C)CN1C(=O)OCc1ccc([N+](=O)[O-])cc1)C(=O)N(C)OC. The van der Waals surface area contributed by atoms with Gasteiger partial charge in [0, 0.05) is 60.7 Å². The van der Waals surface area contributed by atoms with Gasteiger partial charge in [0.1, 0.15) is 17.6 Å². The zero-order valence-corrected chi connectivity index (χ0v) is 27.7. The lowest BCUT2D eigenvalue weighted by Gasteiger charge is -2.46. The zero-order valence-electron chi connectivity index (χ0n) is 26.1. The van der Waals surface area contributed by atoms with Gasteiger partial charge in [0.05, 0.1) is 36.7 Å². The smallest absolute Gasteiger partial charge is 0.410 e. The number of methoxy groups -OCH3 is 1. The number of carboxylic acid groups (broad SMARTS) is 1. The molecule has 1 unspecified atom stereocenters. The number of hydroxylamine groups is 2. The van der Waals surface area contributed by atoms with Gasteiger partial charge in [0.2, 0.25) is 5.91 Å². The van der Waals surface area contributed by atoms with Crippen LogP contribution in [0.1, 0.15) is 25.8 Å². The van der Waals surface area contributed by atoms with E-state index in [9.17, 15) is 39.5 Å². The van der Waals surface area contributed by atoms with Gasteiger partial charge in [-0.25, -0.2) is 14.7 Å². The number of ether oxygens (including phenoxy) is 2. The van der Waals surface area contributed by atoms with E-state index in [-0.39, 0.29) is 48.2 Å². The normalized spacial score (nSPS) is 25.2. The Morgan fingerprint density at radius 1 is 1.22 bits per heavy atom. The van der Waals surface area contributed by atoms with E-state index in [1.807, 2.05) is 6.92 Å². The Kier molecular flexibility index (Phi) is 11.6. The van der Waals surface area contributed by atoms with Crippen molar-refractivity contribution in [2.75, 3.05) is 40.2 Å². The topological polar surface area (TPSA) is 189 Å². The molecule has 3 aliphatic rings. The number of carboxylic acids is 1. The van der Waals surface area contributed by atoms with Crippen molar-refractivity contribution in [3.8, 4) is 0 Å². The van der Waals surface area contributed by atoms with Crippen LogP contribution in [0.25, 0.3) is 0 Å². The van der Waals surface area contributed by atoms with Crippen molar-refractivity contribution in [3.05, 3.63) is 50.5 Å². The minimum Gasteiger partial charge on any atom is -0.477 e. The minimum absolute atomic E-state index is 0.0896. The van der Waals surface area contributed by atoms with Crippen LogP contribution >= 0.6 is 23.5 Å². The van der Waals surface area contributed by atoms with Crippen LogP contribution in [0, 0.1) is 22.0 Å². The van der Waals surface area contributed by atoms with Gasteiger partial charge >= 0.3 is 12.1 Å². The number of thioether (sulfide) groups is 2. The Balaban J connectivity index is 1.53. The number of non-ortho nitro benzene ring substituents is 1. The highest BCUT2D eigenvalue weighted by Crippen LogP contribution is 2.52. The van der Waals surface area contributed by atoms with Crippen molar-refractivity contribution in [2.24, 2.45) is 11.8 Å². The number of amides is 3. The summed E-state index contributed by atoms with van der Waals surface area (Å²) in [6.45, 7) is 3.54. The Hall–Kier alpha value is -3.38. The molecule has 46 heavy (non-hydrogen) atoms. The van der Waals surface area contributed by atoms with Crippen molar-refractivity contribution in [2.45, 2.75) is 55.6 Å². The largest absolute Gasteiger partial charge is 0.477 e. The number of rotatable bonds is 14. The Labute approximate surface area is 274 Å². The molecule has 2 N–H and O–H groups in total. The van der Waals surface area contributed by atoms with E-state index in [1.165, 1.54) is 80.9 Å². The van der Waals surface area contributed by atoms with Gasteiger partial charge in [-0.15, -0.1) is 23.5 Å². The number of likely N-dealkylation sites (tertiary alicyclic amines) is 1. The summed E-state index contributed by atoms with van der Waals surface area (Å²) in [5.41, 5.74) is 0.373. The summed E-state index contributed by atoms with van der Waals surface area (Å²) in [7, 11) is 4.34. The maximum Gasteiger partial charge on any atom is 0.410 e. The number of hydrogen-bond donors (Lipinski definition) is 2. The number of carbonyl (C=O) groups is 4. The number of β-lactam (4-membered cyclic amide) rings is 1. The molecular weight excluding hydrogens is 644 g/mol. The van der Waals surface area contributed by atoms with Crippen LogP contribution in [0.4, 0.5) is 10.5 Å². The van der Waals surface area contributed by atoms with Gasteiger partial charge in [-0.2, -0.15) is 0 Å². The number of benzene rings is 1. The molecule has 0 aliphatic carbocycles. The first-order chi connectivity index (χ1) is 21.8. The highest BCUT2D eigenvalue weighted by atomic mass is 32.2. The first-order valence-electron chi connectivity index (χ1n) is 14.5. The van der Waals surface area contributed by atoms with E-state index in [4.69, 9.17) is 14.3 Å². The van der Waals surface area contributed by atoms with Crippen LogP contribution < -0.4 is 0 Å². The molecular formula is C29H38N4O11S2. The van der Waals surface area contributed by atoms with E-state index in [1.54, 1.807) is 4.90 Å². The van der Waals surface area contributed by atoms with Crippen LogP contribution in [0.3, 0.4) is 0 Å². The first-order valence-corrected chi connectivity index (χ1v) is 16.5. The number of aliphatic carboxylic acids is 1. The van der Waals surface area contributed by atoms with Crippen LogP contribution in [-0.2, 0) is 35.3 Å². The van der Waals surface area contributed by atoms with Crippen LogP contribution in [0.5, 0.6) is 0 Å². The van der Waals surface area contributed by atoms with Crippen LogP contribution in [-0.4, -0.2) is 123 Å². The molecule has 3 amide bonds. The molecule has 0 bridgehead atoms. The molecule has 3 heterocycles. The maximum atomic E-state index is 13.4. The van der Waals surface area contributed by atoms with E-state index in [0.717, 1.165) is 5.06 Å². The predicted octanol–water partition coefficient (Wildman–Crippen LogP) is 2.33. The van der Waals surface area contributed by atoms with Gasteiger partial charge < -0.3 is 29.5 Å². The lowest BCUT2D eigenvalue weighted by molar-refractivity contribution is -0.384. The second kappa shape index (κ2) is 15.0. The molecule has 3 aliphatic heterocycles. The fourth-order valence-electron chi connectivity index (χ4n) is 6.00. The Morgan fingerprint density at radius 2 is 1.89 bits per heavy atom. The van der Waals surface area contributed by atoms with E-state index in [2.05, 4.69) is 0 Å². The van der Waals surface area contributed by atoms with E-state index < -0.39 is 52.2 Å². The number of fused-ring (bicyclic) bond motifs is 1. The van der Waals surface area contributed by atoms with Gasteiger partial charge in [-0.3, -0.25) is 24.5 Å². The average Bonchev–Trinajstić information content (AvgIpc) is 3.53. The highest BCUT2D eigenvalue weighted by molar-refractivity contribution is 8.03. The summed E-state index contributed by atoms with van der Waals surface area (Å²) in [4.78, 5) is 70.2. The Morgan fingerprint density at radius 3 is 2.46 bits per heavy atom. The quantitative estimate of drug-likeness (QED) is 0.165. The number of aliphatic hydroxyl groups excluding tert-OH is 1. The molecule has 252 valence electrons. The molecule has 2 saturated heterocycles. The third-order valence-corrected chi connectivity index (χ3v) is 11.2. The van der Waals surface area contributed by atoms with Crippen molar-refractivity contribution in [1.29, 1.82) is 0 Å². The van der Waals surface area contributed by atoms with E-state index >= 15 is 0 Å². The summed E-state index contributed by atoms with van der Waals surface area (Å²) in [6.07, 6.45) is -1.11. The number of hydrogen-bond acceptors (Lipinski definition) is 12. The fraction of sp³-hybridized carbons (Fsp3) is 0.586. The van der Waals surface area contributed by atoms with E-state index in [0.29, 0.717) is 22.6 Å². The maximum absolute atomic E-state index is 13.4. The summed E-state index contributed by atoms with van der Waals surface area (Å²) >= 11 is 2.60. The van der Waals surface area contributed by atoms with Gasteiger partial charge in [0.15, 0.2) is 0 Å². The number of nitro groups is 1. The molecule has 15 nitrogen and oxygen atoms in total. The van der Waals surface area contributed by atoms with Crippen LogP contribution in [0.15, 0.2) is 34.9 Å². The standard InChI is InChI=1S/C29H38N4O11S2/c1-15-23-22(16(2)34)27(36)32(23)24(28(37)38)25(15)46-20-10-19(14-45-21(13-42-4)26(35)30(3)43-5)31(11-20)29(39)44-12-17-6-8-18(9-7-17)33(40)41/h6-9,15-16,19-23,34H,10-14H2,1-5H3,(H,37,38)/t15-,16-,19+,20+,21?,22-,23-/m1/s1. The molecule has 7 atom stereocenters. The second-order valence-corrected chi connectivity index (χ2v) is 13.9. The lowest BCUT2D eigenvalue weighted by Crippen LogP contribution is -2.63. The summed E-state index contributed by atoms with van der Waals surface area (Å²) in [5, 5.41) is 31.4. The van der Waals surface area contributed by atoms with Crippen molar-refractivity contribution in [1.82, 2.24) is 14.9 Å². The number of nitrogens with zero attached hydrogens (tertiary/aromatic N) is 4. The van der Waals surface area contributed by atoms with Gasteiger partial charge in [-0.1, -0.05) is 6.92 Å². The minimum atomic E-state index is -1.23. The van der Waals surface area contributed by atoms with Crippen molar-refractivity contribution >= 4 is 53.1 Å². The Bertz CT molecular complexity index is 1380. The molecule has 0 spiro atoms. The third kappa shape index (κ3) is 7.27. The fourth-order valence-corrected chi connectivity index (χ4v) is 8.86. The highest BCUT2D eigenvalue weighted by Gasteiger charge is 2.60. The van der Waals surface area contributed by atoms with Gasteiger partial charge in [0.25, 0.3) is 11.6 Å². The molecule has 2 fully saturated rings. The van der Waals surface area contributed by atoms with Gasteiger partial charge in [-0.05, 0) is 31.0 Å². The van der Waals surface area contributed by atoms with Crippen molar-refractivity contribution in [3.63, 3.8) is 0 Å². The molecule has 1 aromatic rings. The predicted molar refractivity (Wildman–Crippen MR) is 167 cm³/mol. The summed E-state index contributed by atoms with van der Waals surface area (Å²) < 4.78 is 10.8. The molecule has 0 radical (unpaired) electrons.